The van der Waals surface area contributed by atoms with Crippen molar-refractivity contribution in [3.8, 4) is 23.0 Å². The Kier molecular flexibility index (Phi) is 4.56. The number of hydrogen-bond donors (Lipinski definition) is 1. The molecular weight excluding hydrogens is 322 g/mol. The highest BCUT2D eigenvalue weighted by molar-refractivity contribution is 7.08. The molecule has 0 aromatic carbocycles. The summed E-state index contributed by atoms with van der Waals surface area (Å²) in [4.78, 5) is 4.42. The van der Waals surface area contributed by atoms with Crippen molar-refractivity contribution < 1.29 is 4.52 Å². The second-order valence-electron chi connectivity index (χ2n) is 5.12. The van der Waals surface area contributed by atoms with E-state index < -0.39 is 0 Å². The molecule has 3 aromatic heterocycles. The van der Waals surface area contributed by atoms with Gasteiger partial charge in [0.25, 0.3) is 5.89 Å². The second kappa shape index (κ2) is 6.60. The Hall–Kier alpha value is -1.70. The molecule has 3 aromatic rings. The van der Waals surface area contributed by atoms with Gasteiger partial charge in [-0.05, 0) is 36.9 Å². The Balaban J connectivity index is 0.00000144. The molecule has 1 aliphatic rings. The minimum Gasteiger partial charge on any atom is -0.332 e. The summed E-state index contributed by atoms with van der Waals surface area (Å²) < 4.78 is 7.32. The number of halogens is 1. The van der Waals surface area contributed by atoms with Gasteiger partial charge in [-0.15, -0.1) is 12.4 Å². The van der Waals surface area contributed by atoms with Gasteiger partial charge in [-0.2, -0.15) is 21.4 Å². The molecular formula is C14H16ClN5OS. The number of piperidine rings is 1. The van der Waals surface area contributed by atoms with Gasteiger partial charge in [0.05, 0.1) is 6.04 Å². The molecule has 1 unspecified atom stereocenters. The molecule has 6 nitrogen and oxygen atoms in total. The first-order chi connectivity index (χ1) is 10.4. The highest BCUT2D eigenvalue weighted by atomic mass is 35.5. The summed E-state index contributed by atoms with van der Waals surface area (Å²) in [5.41, 5.74) is 1.71. The molecule has 0 amide bonds. The zero-order valence-electron chi connectivity index (χ0n) is 11.8. The molecule has 0 radical (unpaired) electrons. The van der Waals surface area contributed by atoms with E-state index in [1.807, 2.05) is 33.8 Å². The van der Waals surface area contributed by atoms with Gasteiger partial charge in [0, 0.05) is 23.7 Å². The topological polar surface area (TPSA) is 68.8 Å². The van der Waals surface area contributed by atoms with Gasteiger partial charge in [0.2, 0.25) is 5.82 Å². The van der Waals surface area contributed by atoms with E-state index in [-0.39, 0.29) is 12.4 Å². The van der Waals surface area contributed by atoms with Crippen LogP contribution >= 0.6 is 23.7 Å². The summed E-state index contributed by atoms with van der Waals surface area (Å²) in [6.45, 7) is 2.06. The van der Waals surface area contributed by atoms with Crippen LogP contribution < -0.4 is 5.32 Å². The second-order valence-corrected chi connectivity index (χ2v) is 5.90. The highest BCUT2D eigenvalue weighted by Gasteiger charge is 2.18. The fraction of sp³-hybridized carbons (Fsp3) is 0.357. The number of hydrogen-bond acceptors (Lipinski definition) is 6. The van der Waals surface area contributed by atoms with Crippen molar-refractivity contribution in [3.05, 3.63) is 29.1 Å². The third-order valence-corrected chi connectivity index (χ3v) is 4.36. The number of nitrogens with one attached hydrogen (secondary N) is 1. The molecule has 4 rings (SSSR count). The summed E-state index contributed by atoms with van der Waals surface area (Å²) in [5.74, 6) is 1.08. The predicted octanol–water partition coefficient (Wildman–Crippen LogP) is 3.01. The van der Waals surface area contributed by atoms with E-state index >= 15 is 0 Å². The summed E-state index contributed by atoms with van der Waals surface area (Å²) >= 11 is 1.61. The first-order valence-corrected chi connectivity index (χ1v) is 7.97. The van der Waals surface area contributed by atoms with Crippen molar-refractivity contribution in [3.63, 3.8) is 0 Å². The summed E-state index contributed by atoms with van der Waals surface area (Å²) in [6, 6.07) is 4.32. The van der Waals surface area contributed by atoms with E-state index in [4.69, 9.17) is 4.52 Å². The average molecular weight is 338 g/mol. The van der Waals surface area contributed by atoms with Gasteiger partial charge in [-0.1, -0.05) is 5.16 Å². The summed E-state index contributed by atoms with van der Waals surface area (Å²) in [6.07, 6.45) is 4.32. The van der Waals surface area contributed by atoms with E-state index in [0.29, 0.717) is 17.8 Å². The van der Waals surface area contributed by atoms with Crippen LogP contribution in [-0.2, 0) is 0 Å². The summed E-state index contributed by atoms with van der Waals surface area (Å²) in [7, 11) is 0. The SMILES string of the molecule is Cl.c1cc(-c2noc(-c3ccn(C4CCCNC4)n3)n2)cs1. The molecule has 1 saturated heterocycles. The quantitative estimate of drug-likeness (QED) is 0.795. The van der Waals surface area contributed by atoms with Gasteiger partial charge in [0.1, 0.15) is 0 Å². The number of nitrogens with zero attached hydrogens (tertiary/aromatic N) is 4. The number of rotatable bonds is 3. The maximum Gasteiger partial charge on any atom is 0.278 e. The lowest BCUT2D eigenvalue weighted by Gasteiger charge is -2.22. The van der Waals surface area contributed by atoms with E-state index in [1.54, 1.807) is 11.3 Å². The van der Waals surface area contributed by atoms with Crippen LogP contribution in [0.1, 0.15) is 18.9 Å². The van der Waals surface area contributed by atoms with Crippen LogP contribution in [0.15, 0.2) is 33.6 Å². The van der Waals surface area contributed by atoms with Crippen LogP contribution in [0.4, 0.5) is 0 Å². The molecule has 0 saturated carbocycles. The fourth-order valence-corrected chi connectivity index (χ4v) is 3.19. The van der Waals surface area contributed by atoms with Gasteiger partial charge in [0.15, 0.2) is 5.69 Å². The monoisotopic (exact) mass is 337 g/mol. The van der Waals surface area contributed by atoms with Gasteiger partial charge in [-0.25, -0.2) is 0 Å². The predicted molar refractivity (Wildman–Crippen MR) is 87.2 cm³/mol. The third kappa shape index (κ3) is 2.92. The lowest BCUT2D eigenvalue weighted by Crippen LogP contribution is -2.31. The molecule has 1 atom stereocenters. The molecule has 116 valence electrons. The smallest absolute Gasteiger partial charge is 0.278 e. The Labute approximate surface area is 138 Å². The van der Waals surface area contributed by atoms with Crippen molar-refractivity contribution >= 4 is 23.7 Å². The largest absolute Gasteiger partial charge is 0.332 e. The molecule has 4 heterocycles. The molecule has 1 N–H and O–H groups in total. The molecule has 0 bridgehead atoms. The van der Waals surface area contributed by atoms with Crippen molar-refractivity contribution in [2.45, 2.75) is 18.9 Å². The zero-order valence-corrected chi connectivity index (χ0v) is 13.4. The molecule has 8 heteroatoms. The van der Waals surface area contributed by atoms with Crippen molar-refractivity contribution in [1.82, 2.24) is 25.2 Å². The standard InChI is InChI=1S/C14H15N5OS.ClH/c1-2-11(8-15-5-1)19-6-3-12(17-19)14-16-13(18-20-14)10-4-7-21-9-10;/h3-4,6-7,9,11,15H,1-2,5,8H2;1H. The van der Waals surface area contributed by atoms with Crippen molar-refractivity contribution in [1.29, 1.82) is 0 Å². The minimum atomic E-state index is 0. The third-order valence-electron chi connectivity index (χ3n) is 3.68. The highest BCUT2D eigenvalue weighted by Crippen LogP contribution is 2.24. The van der Waals surface area contributed by atoms with Crippen molar-refractivity contribution in [2.24, 2.45) is 0 Å². The lowest BCUT2D eigenvalue weighted by atomic mass is 10.1. The fourth-order valence-electron chi connectivity index (χ4n) is 2.55. The summed E-state index contributed by atoms with van der Waals surface area (Å²) in [5, 5.41) is 16.0. The Bertz CT molecular complexity index is 717. The average Bonchev–Trinajstić information content (AvgIpc) is 3.27. The van der Waals surface area contributed by atoms with E-state index in [0.717, 1.165) is 30.8 Å². The van der Waals surface area contributed by atoms with Crippen LogP contribution in [0.25, 0.3) is 23.0 Å². The van der Waals surface area contributed by atoms with Crippen LogP contribution in [-0.4, -0.2) is 33.0 Å². The normalized spacial score (nSPS) is 18.1. The van der Waals surface area contributed by atoms with Gasteiger partial charge in [-0.3, -0.25) is 4.68 Å². The Morgan fingerprint density at radius 3 is 3.09 bits per heavy atom. The first kappa shape index (κ1) is 15.2. The number of aromatic nitrogens is 4. The van der Waals surface area contributed by atoms with Crippen molar-refractivity contribution in [2.75, 3.05) is 13.1 Å². The first-order valence-electron chi connectivity index (χ1n) is 7.03. The van der Waals surface area contributed by atoms with Gasteiger partial charge < -0.3 is 9.84 Å². The van der Waals surface area contributed by atoms with E-state index in [2.05, 4.69) is 20.6 Å². The molecule has 1 fully saturated rings. The maximum atomic E-state index is 5.33. The van der Waals surface area contributed by atoms with Crippen LogP contribution in [0, 0.1) is 0 Å². The minimum absolute atomic E-state index is 0. The molecule has 0 aliphatic carbocycles. The van der Waals surface area contributed by atoms with Crippen LogP contribution in [0.2, 0.25) is 0 Å². The lowest BCUT2D eigenvalue weighted by molar-refractivity contribution is 0.346. The zero-order chi connectivity index (χ0) is 14.1. The van der Waals surface area contributed by atoms with Crippen LogP contribution in [0.5, 0.6) is 0 Å². The van der Waals surface area contributed by atoms with E-state index in [1.165, 1.54) is 6.42 Å². The Morgan fingerprint density at radius 2 is 2.32 bits per heavy atom. The molecule has 0 spiro atoms. The van der Waals surface area contributed by atoms with Crippen LogP contribution in [0.3, 0.4) is 0 Å². The number of thiophene rings is 1. The molecule has 1 aliphatic heterocycles. The van der Waals surface area contributed by atoms with E-state index in [9.17, 15) is 0 Å². The Morgan fingerprint density at radius 1 is 1.36 bits per heavy atom. The van der Waals surface area contributed by atoms with Gasteiger partial charge >= 0.3 is 0 Å². The maximum absolute atomic E-state index is 5.33. The molecule has 22 heavy (non-hydrogen) atoms.